The van der Waals surface area contributed by atoms with Crippen molar-refractivity contribution in [1.82, 2.24) is 16.2 Å². The zero-order valence-corrected chi connectivity index (χ0v) is 12.8. The van der Waals surface area contributed by atoms with Crippen LogP contribution in [0.2, 0.25) is 0 Å². The van der Waals surface area contributed by atoms with Gasteiger partial charge in [0.15, 0.2) is 0 Å². The zero-order valence-electron chi connectivity index (χ0n) is 12.8. The minimum Gasteiger partial charge on any atom is -0.355 e. The number of amides is 1. The van der Waals surface area contributed by atoms with E-state index in [4.69, 9.17) is 0 Å². The number of hydrazine groups is 1. The summed E-state index contributed by atoms with van der Waals surface area (Å²) in [5.41, 5.74) is 7.89. The fourth-order valence-electron chi connectivity index (χ4n) is 2.87. The molecule has 0 saturated carbocycles. The predicted molar refractivity (Wildman–Crippen MR) is 86.9 cm³/mol. The summed E-state index contributed by atoms with van der Waals surface area (Å²) >= 11 is 0. The van der Waals surface area contributed by atoms with Gasteiger partial charge in [-0.25, -0.2) is 9.82 Å². The lowest BCUT2D eigenvalue weighted by Gasteiger charge is -2.18. The second-order valence-electron chi connectivity index (χ2n) is 5.65. The number of hydrogen-bond donors (Lipinski definition) is 3. The lowest BCUT2D eigenvalue weighted by Crippen LogP contribution is -2.36. The molecule has 0 bridgehead atoms. The van der Waals surface area contributed by atoms with E-state index >= 15 is 0 Å². The van der Waals surface area contributed by atoms with Crippen molar-refractivity contribution in [2.24, 2.45) is 5.92 Å². The number of halogens is 1. The number of benzene rings is 2. The smallest absolute Gasteiger partial charge is 0.226 e. The number of hydrogen-bond acceptors (Lipinski definition) is 3. The van der Waals surface area contributed by atoms with Gasteiger partial charge in [-0.05, 0) is 23.6 Å². The van der Waals surface area contributed by atoms with E-state index in [1.54, 1.807) is 18.2 Å². The van der Waals surface area contributed by atoms with Gasteiger partial charge < -0.3 is 5.32 Å². The minimum absolute atomic E-state index is 0.0207. The number of nitrogens with one attached hydrogen (secondary N) is 3. The topological polar surface area (TPSA) is 53.2 Å². The lowest BCUT2D eigenvalue weighted by atomic mass is 9.94. The van der Waals surface area contributed by atoms with Crippen LogP contribution in [0, 0.1) is 11.7 Å². The van der Waals surface area contributed by atoms with Crippen LogP contribution in [-0.4, -0.2) is 19.0 Å². The first kappa shape index (κ1) is 15.6. The Labute approximate surface area is 135 Å². The summed E-state index contributed by atoms with van der Waals surface area (Å²) in [6.45, 7) is 1.00. The second-order valence-corrected chi connectivity index (χ2v) is 5.65. The highest BCUT2D eigenvalue weighted by Gasteiger charge is 2.33. The largest absolute Gasteiger partial charge is 0.355 e. The van der Waals surface area contributed by atoms with E-state index < -0.39 is 0 Å². The third-order valence-electron chi connectivity index (χ3n) is 4.13. The Morgan fingerprint density at radius 2 is 1.87 bits per heavy atom. The first-order chi connectivity index (χ1) is 11.3. The molecule has 120 valence electrons. The molecule has 0 spiro atoms. The molecule has 0 aromatic heterocycles. The van der Waals surface area contributed by atoms with Gasteiger partial charge in [-0.15, -0.1) is 0 Å². The van der Waals surface area contributed by atoms with Crippen molar-refractivity contribution >= 4 is 5.91 Å². The third kappa shape index (κ3) is 3.75. The van der Waals surface area contributed by atoms with E-state index in [1.807, 2.05) is 30.3 Å². The van der Waals surface area contributed by atoms with E-state index in [9.17, 15) is 9.18 Å². The van der Waals surface area contributed by atoms with Crippen LogP contribution in [0.25, 0.3) is 0 Å². The van der Waals surface area contributed by atoms with E-state index in [0.29, 0.717) is 25.1 Å². The monoisotopic (exact) mass is 313 g/mol. The van der Waals surface area contributed by atoms with Gasteiger partial charge in [-0.3, -0.25) is 10.2 Å². The average molecular weight is 313 g/mol. The van der Waals surface area contributed by atoms with Crippen LogP contribution in [0.4, 0.5) is 4.39 Å². The van der Waals surface area contributed by atoms with Gasteiger partial charge in [0.25, 0.3) is 0 Å². The molecule has 1 saturated heterocycles. The number of carbonyl (C=O) groups is 1. The van der Waals surface area contributed by atoms with Gasteiger partial charge in [0.05, 0.1) is 12.0 Å². The van der Waals surface area contributed by atoms with Gasteiger partial charge >= 0.3 is 0 Å². The molecule has 1 fully saturated rings. The van der Waals surface area contributed by atoms with Gasteiger partial charge in [-0.1, -0.05) is 48.5 Å². The Bertz CT molecular complexity index is 662. The lowest BCUT2D eigenvalue weighted by molar-refractivity contribution is -0.124. The van der Waals surface area contributed by atoms with Crippen LogP contribution >= 0.6 is 0 Å². The fraction of sp³-hybridized carbons (Fsp3) is 0.278. The Morgan fingerprint density at radius 3 is 2.65 bits per heavy atom. The molecular formula is C18H20FN3O. The van der Waals surface area contributed by atoms with E-state index in [0.717, 1.165) is 5.56 Å². The quantitative estimate of drug-likeness (QED) is 0.791. The molecule has 0 aliphatic carbocycles. The molecule has 1 aliphatic rings. The van der Waals surface area contributed by atoms with Crippen molar-refractivity contribution in [2.75, 3.05) is 13.1 Å². The highest BCUT2D eigenvalue weighted by atomic mass is 19.1. The molecule has 2 unspecified atom stereocenters. The molecule has 2 aromatic carbocycles. The molecule has 5 heteroatoms. The molecule has 2 atom stereocenters. The Balaban J connectivity index is 1.56. The maximum atomic E-state index is 13.6. The molecular weight excluding hydrogens is 293 g/mol. The van der Waals surface area contributed by atoms with Crippen LogP contribution in [0.15, 0.2) is 54.6 Å². The van der Waals surface area contributed by atoms with E-state index in [2.05, 4.69) is 16.2 Å². The van der Waals surface area contributed by atoms with E-state index in [1.165, 1.54) is 6.07 Å². The summed E-state index contributed by atoms with van der Waals surface area (Å²) in [5, 5.41) is 2.91. The SMILES string of the molecule is O=C(NCCc1ccccc1F)C1CNNC1c1ccccc1. The van der Waals surface area contributed by atoms with Crippen molar-refractivity contribution < 1.29 is 9.18 Å². The normalized spacial score (nSPS) is 20.4. The Kier molecular flexibility index (Phi) is 5.00. The molecule has 1 heterocycles. The molecule has 1 amide bonds. The fourth-order valence-corrected chi connectivity index (χ4v) is 2.87. The van der Waals surface area contributed by atoms with Gasteiger partial charge in [0, 0.05) is 13.1 Å². The zero-order chi connectivity index (χ0) is 16.1. The average Bonchev–Trinajstić information content (AvgIpc) is 3.07. The third-order valence-corrected chi connectivity index (χ3v) is 4.13. The summed E-state index contributed by atoms with van der Waals surface area (Å²) in [4.78, 5) is 12.4. The molecule has 4 nitrogen and oxygen atoms in total. The molecule has 3 N–H and O–H groups in total. The van der Waals surface area contributed by atoms with Crippen LogP contribution in [0.5, 0.6) is 0 Å². The highest BCUT2D eigenvalue weighted by molar-refractivity contribution is 5.80. The van der Waals surface area contributed by atoms with Crippen molar-refractivity contribution in [3.05, 3.63) is 71.5 Å². The standard InChI is InChI=1S/C18H20FN3O/c19-16-9-5-4-6-13(16)10-11-20-18(23)15-12-21-22-17(15)14-7-2-1-3-8-14/h1-9,15,17,21-22H,10-12H2,(H,20,23). The highest BCUT2D eigenvalue weighted by Crippen LogP contribution is 2.24. The van der Waals surface area contributed by atoms with Crippen LogP contribution in [-0.2, 0) is 11.2 Å². The maximum absolute atomic E-state index is 13.6. The van der Waals surface area contributed by atoms with Crippen molar-refractivity contribution in [1.29, 1.82) is 0 Å². The Hall–Kier alpha value is -2.24. The maximum Gasteiger partial charge on any atom is 0.226 e. The number of rotatable bonds is 5. The van der Waals surface area contributed by atoms with Crippen LogP contribution < -0.4 is 16.2 Å². The van der Waals surface area contributed by atoms with Crippen molar-refractivity contribution in [2.45, 2.75) is 12.5 Å². The summed E-state index contributed by atoms with van der Waals surface area (Å²) in [6.07, 6.45) is 0.488. The van der Waals surface area contributed by atoms with Gasteiger partial charge in [0.1, 0.15) is 5.82 Å². The van der Waals surface area contributed by atoms with Crippen molar-refractivity contribution in [3.8, 4) is 0 Å². The summed E-state index contributed by atoms with van der Waals surface area (Å²) < 4.78 is 13.6. The minimum atomic E-state index is -0.229. The van der Waals surface area contributed by atoms with Gasteiger partial charge in [0.2, 0.25) is 5.91 Å². The van der Waals surface area contributed by atoms with Gasteiger partial charge in [-0.2, -0.15) is 0 Å². The molecule has 2 aromatic rings. The second kappa shape index (κ2) is 7.35. The summed E-state index contributed by atoms with van der Waals surface area (Å²) in [5.74, 6) is -0.432. The molecule has 23 heavy (non-hydrogen) atoms. The van der Waals surface area contributed by atoms with Crippen molar-refractivity contribution in [3.63, 3.8) is 0 Å². The number of carbonyl (C=O) groups excluding carboxylic acids is 1. The predicted octanol–water partition coefficient (Wildman–Crippen LogP) is 1.95. The molecule has 3 rings (SSSR count). The van der Waals surface area contributed by atoms with E-state index in [-0.39, 0.29) is 23.7 Å². The van der Waals surface area contributed by atoms with Crippen LogP contribution in [0.3, 0.4) is 0 Å². The summed E-state index contributed by atoms with van der Waals surface area (Å²) in [6, 6.07) is 16.5. The Morgan fingerprint density at radius 1 is 1.13 bits per heavy atom. The molecule has 0 radical (unpaired) electrons. The first-order valence-corrected chi connectivity index (χ1v) is 7.80. The van der Waals surface area contributed by atoms with Crippen LogP contribution in [0.1, 0.15) is 17.2 Å². The first-order valence-electron chi connectivity index (χ1n) is 7.80. The molecule has 1 aliphatic heterocycles. The summed E-state index contributed by atoms with van der Waals surface area (Å²) in [7, 11) is 0.